The predicted octanol–water partition coefficient (Wildman–Crippen LogP) is 6.11. The van der Waals surface area contributed by atoms with E-state index in [1.807, 2.05) is 61.2 Å². The van der Waals surface area contributed by atoms with E-state index >= 15 is 0 Å². The molecule has 0 spiro atoms. The van der Waals surface area contributed by atoms with Crippen molar-refractivity contribution in [1.82, 2.24) is 19.9 Å². The highest BCUT2D eigenvalue weighted by Gasteiger charge is 2.45. The standard InChI is InChI=1S/C24H23ClN4OS/c1-14-17(25)10-11-18-19(14)28-23(27-18)24(3)12-7-13-29(24)22(30)20-21(31-15(2)26-20)16-8-5-4-6-9-16/h4-6,8-11H,7,12-13H2,1-3H3,(H,27,28)/t24-/m0/s1. The van der Waals surface area contributed by atoms with Gasteiger partial charge in [-0.05, 0) is 56.9 Å². The molecule has 5 rings (SSSR count). The largest absolute Gasteiger partial charge is 0.340 e. The lowest BCUT2D eigenvalue weighted by Gasteiger charge is -2.33. The first-order valence-electron chi connectivity index (χ1n) is 10.4. The molecule has 1 saturated heterocycles. The quantitative estimate of drug-likeness (QED) is 0.409. The highest BCUT2D eigenvalue weighted by atomic mass is 35.5. The molecule has 158 valence electrons. The van der Waals surface area contributed by atoms with Crippen LogP contribution >= 0.6 is 22.9 Å². The first-order chi connectivity index (χ1) is 14.9. The van der Waals surface area contributed by atoms with Crippen LogP contribution in [0.15, 0.2) is 42.5 Å². The molecule has 7 heteroatoms. The second kappa shape index (κ2) is 7.46. The van der Waals surface area contributed by atoms with E-state index in [1.54, 1.807) is 11.3 Å². The van der Waals surface area contributed by atoms with Gasteiger partial charge in [-0.1, -0.05) is 41.9 Å². The van der Waals surface area contributed by atoms with E-state index in [9.17, 15) is 4.79 Å². The summed E-state index contributed by atoms with van der Waals surface area (Å²) in [5, 5.41) is 1.58. The summed E-state index contributed by atoms with van der Waals surface area (Å²) in [5.74, 6) is 0.755. The van der Waals surface area contributed by atoms with Gasteiger partial charge in [0.2, 0.25) is 0 Å². The molecule has 0 bridgehead atoms. The third kappa shape index (κ3) is 3.25. The molecule has 31 heavy (non-hydrogen) atoms. The van der Waals surface area contributed by atoms with Crippen LogP contribution in [0.4, 0.5) is 0 Å². The molecule has 1 N–H and O–H groups in total. The molecule has 4 aromatic rings. The summed E-state index contributed by atoms with van der Waals surface area (Å²) in [6, 6.07) is 13.8. The number of aromatic amines is 1. The lowest BCUT2D eigenvalue weighted by molar-refractivity contribution is 0.0601. The minimum Gasteiger partial charge on any atom is -0.340 e. The summed E-state index contributed by atoms with van der Waals surface area (Å²) in [5.41, 5.74) is 3.76. The van der Waals surface area contributed by atoms with Crippen molar-refractivity contribution < 1.29 is 4.79 Å². The van der Waals surface area contributed by atoms with Crippen LogP contribution in [0, 0.1) is 13.8 Å². The fraction of sp³-hybridized carbons (Fsp3) is 0.292. The van der Waals surface area contributed by atoms with Crippen LogP contribution in [0.3, 0.4) is 0 Å². The number of aromatic nitrogens is 3. The van der Waals surface area contributed by atoms with E-state index in [2.05, 4.69) is 16.9 Å². The Morgan fingerprint density at radius 3 is 2.71 bits per heavy atom. The Balaban J connectivity index is 1.57. The Morgan fingerprint density at radius 1 is 1.16 bits per heavy atom. The highest BCUT2D eigenvalue weighted by molar-refractivity contribution is 7.15. The average Bonchev–Trinajstić information content (AvgIpc) is 3.48. The molecule has 1 fully saturated rings. The monoisotopic (exact) mass is 450 g/mol. The van der Waals surface area contributed by atoms with Gasteiger partial charge in [-0.25, -0.2) is 9.97 Å². The third-order valence-corrected chi connectivity index (χ3v) is 7.64. The fourth-order valence-electron chi connectivity index (χ4n) is 4.46. The van der Waals surface area contributed by atoms with Crippen LogP contribution in [0.2, 0.25) is 5.02 Å². The number of amides is 1. The molecule has 0 unspecified atom stereocenters. The molecule has 1 aliphatic rings. The molecule has 0 saturated carbocycles. The smallest absolute Gasteiger partial charge is 0.274 e. The maximum Gasteiger partial charge on any atom is 0.274 e. The molecular weight excluding hydrogens is 428 g/mol. The number of hydrogen-bond acceptors (Lipinski definition) is 4. The second-order valence-corrected chi connectivity index (χ2v) is 9.88. The number of imidazole rings is 1. The van der Waals surface area contributed by atoms with Crippen molar-refractivity contribution in [2.24, 2.45) is 0 Å². The van der Waals surface area contributed by atoms with E-state index in [-0.39, 0.29) is 5.91 Å². The SMILES string of the molecule is Cc1nc(C(=O)N2CCC[C@@]2(C)c2nc3c(C)c(Cl)ccc3[nH]2)c(-c2ccccc2)s1. The minimum absolute atomic E-state index is 0.0431. The molecule has 2 aromatic carbocycles. The Labute approximate surface area is 190 Å². The first kappa shape index (κ1) is 20.2. The number of benzene rings is 2. The number of carbonyl (C=O) groups excluding carboxylic acids is 1. The van der Waals surface area contributed by atoms with Crippen molar-refractivity contribution in [2.75, 3.05) is 6.54 Å². The van der Waals surface area contributed by atoms with Crippen LogP contribution in [0.1, 0.15) is 46.6 Å². The molecule has 2 aromatic heterocycles. The summed E-state index contributed by atoms with van der Waals surface area (Å²) in [6.07, 6.45) is 1.76. The molecule has 0 radical (unpaired) electrons. The van der Waals surface area contributed by atoms with E-state index in [0.717, 1.165) is 50.7 Å². The molecule has 3 heterocycles. The summed E-state index contributed by atoms with van der Waals surface area (Å²) in [6.45, 7) is 6.69. The topological polar surface area (TPSA) is 61.9 Å². The van der Waals surface area contributed by atoms with E-state index in [1.165, 1.54) is 0 Å². The number of H-pyrrole nitrogens is 1. The lowest BCUT2D eigenvalue weighted by Crippen LogP contribution is -2.44. The van der Waals surface area contributed by atoms with Crippen molar-refractivity contribution in [1.29, 1.82) is 0 Å². The van der Waals surface area contributed by atoms with Gasteiger partial charge in [0.05, 0.1) is 26.5 Å². The molecule has 1 atom stereocenters. The van der Waals surface area contributed by atoms with E-state index < -0.39 is 5.54 Å². The lowest BCUT2D eigenvalue weighted by atomic mass is 9.97. The average molecular weight is 451 g/mol. The molecule has 1 amide bonds. The summed E-state index contributed by atoms with van der Waals surface area (Å²) >= 11 is 7.86. The minimum atomic E-state index is -0.527. The zero-order valence-corrected chi connectivity index (χ0v) is 19.3. The van der Waals surface area contributed by atoms with Crippen molar-refractivity contribution >= 4 is 39.9 Å². The van der Waals surface area contributed by atoms with Gasteiger partial charge in [-0.3, -0.25) is 4.79 Å². The maximum absolute atomic E-state index is 13.8. The third-order valence-electron chi connectivity index (χ3n) is 6.21. The molecular formula is C24H23ClN4OS. The predicted molar refractivity (Wildman–Crippen MR) is 126 cm³/mol. The molecule has 5 nitrogen and oxygen atoms in total. The van der Waals surface area contributed by atoms with Crippen LogP contribution in [-0.4, -0.2) is 32.3 Å². The maximum atomic E-state index is 13.8. The van der Waals surface area contributed by atoms with Gasteiger partial charge in [0.25, 0.3) is 5.91 Å². The van der Waals surface area contributed by atoms with Crippen molar-refractivity contribution in [3.63, 3.8) is 0 Å². The van der Waals surface area contributed by atoms with Crippen LogP contribution < -0.4 is 0 Å². The van der Waals surface area contributed by atoms with Gasteiger partial charge < -0.3 is 9.88 Å². The Hall–Kier alpha value is -2.70. The number of thiazole rings is 1. The van der Waals surface area contributed by atoms with Gasteiger partial charge in [0, 0.05) is 11.6 Å². The van der Waals surface area contributed by atoms with Crippen LogP contribution in [-0.2, 0) is 5.54 Å². The summed E-state index contributed by atoms with van der Waals surface area (Å²) in [7, 11) is 0. The molecule has 1 aliphatic heterocycles. The van der Waals surface area contributed by atoms with Crippen molar-refractivity contribution in [2.45, 2.75) is 39.2 Å². The van der Waals surface area contributed by atoms with Crippen molar-refractivity contribution in [3.05, 3.63) is 69.6 Å². The summed E-state index contributed by atoms with van der Waals surface area (Å²) < 4.78 is 0. The van der Waals surface area contributed by atoms with Gasteiger partial charge in [0.15, 0.2) is 0 Å². The number of rotatable bonds is 3. The number of hydrogen-bond donors (Lipinski definition) is 1. The van der Waals surface area contributed by atoms with E-state index in [0.29, 0.717) is 17.3 Å². The highest BCUT2D eigenvalue weighted by Crippen LogP contribution is 2.41. The van der Waals surface area contributed by atoms with Crippen LogP contribution in [0.25, 0.3) is 21.5 Å². The normalized spacial score (nSPS) is 18.8. The Morgan fingerprint density at radius 2 is 1.94 bits per heavy atom. The van der Waals surface area contributed by atoms with Gasteiger partial charge in [-0.15, -0.1) is 11.3 Å². The number of nitrogens with one attached hydrogen (secondary N) is 1. The molecule has 0 aliphatic carbocycles. The number of carbonyl (C=O) groups is 1. The summed E-state index contributed by atoms with van der Waals surface area (Å²) in [4.78, 5) is 29.6. The number of fused-ring (bicyclic) bond motifs is 1. The number of nitrogens with zero attached hydrogens (tertiary/aromatic N) is 3. The Kier molecular flexibility index (Phi) is 4.87. The number of aryl methyl sites for hydroxylation is 2. The number of halogens is 1. The Bertz CT molecular complexity index is 1300. The zero-order valence-electron chi connectivity index (χ0n) is 17.7. The zero-order chi connectivity index (χ0) is 21.8. The van der Waals surface area contributed by atoms with Crippen molar-refractivity contribution in [3.8, 4) is 10.4 Å². The first-order valence-corrected chi connectivity index (χ1v) is 11.6. The number of likely N-dealkylation sites (tertiary alicyclic amines) is 1. The fourth-order valence-corrected chi connectivity index (χ4v) is 5.53. The second-order valence-electron chi connectivity index (χ2n) is 8.26. The van der Waals surface area contributed by atoms with Gasteiger partial charge in [0.1, 0.15) is 11.5 Å². The van der Waals surface area contributed by atoms with Crippen LogP contribution in [0.5, 0.6) is 0 Å². The van der Waals surface area contributed by atoms with Gasteiger partial charge in [-0.2, -0.15) is 0 Å². The van der Waals surface area contributed by atoms with Gasteiger partial charge >= 0.3 is 0 Å². The van der Waals surface area contributed by atoms with E-state index in [4.69, 9.17) is 16.6 Å².